The van der Waals surface area contributed by atoms with E-state index >= 15 is 0 Å². The molecule has 3 heteroatoms. The highest BCUT2D eigenvalue weighted by Gasteiger charge is 2.30. The minimum Gasteiger partial charge on any atom is -0.496 e. The van der Waals surface area contributed by atoms with Gasteiger partial charge in [0.25, 0.3) is 0 Å². The van der Waals surface area contributed by atoms with Crippen molar-refractivity contribution in [1.82, 2.24) is 5.32 Å². The molecule has 0 amide bonds. The highest BCUT2D eigenvalue weighted by molar-refractivity contribution is 5.33. The van der Waals surface area contributed by atoms with Crippen molar-refractivity contribution < 1.29 is 9.84 Å². The number of benzene rings is 1. The lowest BCUT2D eigenvalue weighted by atomic mass is 10.0. The van der Waals surface area contributed by atoms with Crippen molar-refractivity contribution in [3.63, 3.8) is 0 Å². The van der Waals surface area contributed by atoms with E-state index in [9.17, 15) is 5.11 Å². The Kier molecular flexibility index (Phi) is 4.61. The molecule has 1 aromatic rings. The molecule has 0 aromatic heterocycles. The van der Waals surface area contributed by atoms with Crippen molar-refractivity contribution in [1.29, 1.82) is 0 Å². The molecule has 0 atom stereocenters. The molecule has 1 aliphatic rings. The average Bonchev–Trinajstić information content (AvgIpc) is 2.82. The topological polar surface area (TPSA) is 41.5 Å². The van der Waals surface area contributed by atoms with Crippen molar-refractivity contribution >= 4 is 0 Å². The van der Waals surface area contributed by atoms with Crippen molar-refractivity contribution in [2.24, 2.45) is 0 Å². The fraction of sp³-hybridized carbons (Fsp3) is 0.600. The summed E-state index contributed by atoms with van der Waals surface area (Å²) in [6.45, 7) is 1.59. The summed E-state index contributed by atoms with van der Waals surface area (Å²) in [5, 5.41) is 13.6. The molecule has 3 nitrogen and oxygen atoms in total. The first kappa shape index (κ1) is 13.4. The number of hydrogen-bond acceptors (Lipinski definition) is 3. The molecule has 0 unspecified atom stereocenters. The van der Waals surface area contributed by atoms with Gasteiger partial charge in [-0.05, 0) is 37.4 Å². The number of methoxy groups -OCH3 is 1. The Morgan fingerprint density at radius 2 is 2.00 bits per heavy atom. The first-order chi connectivity index (χ1) is 8.73. The molecular weight excluding hydrogens is 226 g/mol. The van der Waals surface area contributed by atoms with Crippen LogP contribution in [0.5, 0.6) is 5.75 Å². The minimum atomic E-state index is -0.458. The van der Waals surface area contributed by atoms with E-state index in [-0.39, 0.29) is 0 Å². The summed E-state index contributed by atoms with van der Waals surface area (Å²) in [6, 6.07) is 8.09. The van der Waals surface area contributed by atoms with E-state index in [1.54, 1.807) is 7.11 Å². The van der Waals surface area contributed by atoms with E-state index in [0.29, 0.717) is 6.54 Å². The van der Waals surface area contributed by atoms with E-state index in [0.717, 1.165) is 44.4 Å². The van der Waals surface area contributed by atoms with Crippen LogP contribution in [0.15, 0.2) is 24.3 Å². The van der Waals surface area contributed by atoms with Crippen molar-refractivity contribution in [3.8, 4) is 5.75 Å². The second kappa shape index (κ2) is 6.21. The Bertz CT molecular complexity index is 373. The maximum atomic E-state index is 10.2. The van der Waals surface area contributed by atoms with Gasteiger partial charge in [0, 0.05) is 6.54 Å². The molecule has 1 saturated carbocycles. The quantitative estimate of drug-likeness (QED) is 0.759. The van der Waals surface area contributed by atoms with Gasteiger partial charge in [-0.2, -0.15) is 0 Å². The van der Waals surface area contributed by atoms with Crippen LogP contribution in [0.2, 0.25) is 0 Å². The number of rotatable bonds is 6. The summed E-state index contributed by atoms with van der Waals surface area (Å²) in [5.74, 6) is 0.943. The first-order valence-electron chi connectivity index (χ1n) is 6.78. The third-order valence-electron chi connectivity index (χ3n) is 3.75. The second-order valence-electron chi connectivity index (χ2n) is 5.17. The van der Waals surface area contributed by atoms with Gasteiger partial charge in [-0.15, -0.1) is 0 Å². The summed E-state index contributed by atoms with van der Waals surface area (Å²) in [6.07, 6.45) is 5.12. The lowest BCUT2D eigenvalue weighted by Gasteiger charge is -2.22. The standard InChI is InChI=1S/C15H23NO2/c1-18-14-7-3-2-6-13(14)8-11-16-12-15(17)9-4-5-10-15/h2-3,6-7,16-17H,4-5,8-12H2,1H3. The van der Waals surface area contributed by atoms with Crippen LogP contribution in [0.4, 0.5) is 0 Å². The molecule has 0 bridgehead atoms. The van der Waals surface area contributed by atoms with Crippen molar-refractivity contribution in [3.05, 3.63) is 29.8 Å². The first-order valence-corrected chi connectivity index (χ1v) is 6.78. The second-order valence-corrected chi connectivity index (χ2v) is 5.17. The smallest absolute Gasteiger partial charge is 0.122 e. The summed E-state index contributed by atoms with van der Waals surface area (Å²) >= 11 is 0. The molecule has 2 rings (SSSR count). The van der Waals surface area contributed by atoms with E-state index in [1.165, 1.54) is 5.56 Å². The van der Waals surface area contributed by atoms with Gasteiger partial charge in [-0.3, -0.25) is 0 Å². The number of nitrogens with one attached hydrogen (secondary N) is 1. The van der Waals surface area contributed by atoms with Crippen LogP contribution in [0.1, 0.15) is 31.2 Å². The molecule has 100 valence electrons. The number of ether oxygens (including phenoxy) is 1. The molecule has 2 N–H and O–H groups in total. The Morgan fingerprint density at radius 3 is 2.72 bits per heavy atom. The molecule has 0 aliphatic heterocycles. The average molecular weight is 249 g/mol. The molecule has 1 aromatic carbocycles. The van der Waals surface area contributed by atoms with E-state index in [1.807, 2.05) is 18.2 Å². The zero-order chi connectivity index (χ0) is 12.8. The molecule has 0 radical (unpaired) electrons. The number of hydrogen-bond donors (Lipinski definition) is 2. The fourth-order valence-corrected chi connectivity index (χ4v) is 2.66. The Labute approximate surface area is 109 Å². The third kappa shape index (κ3) is 3.47. The molecule has 0 saturated heterocycles. The van der Waals surface area contributed by atoms with Crippen molar-refractivity contribution in [2.45, 2.75) is 37.7 Å². The van der Waals surface area contributed by atoms with Crippen LogP contribution >= 0.6 is 0 Å². The van der Waals surface area contributed by atoms with Crippen LogP contribution in [0, 0.1) is 0 Å². The normalized spacial score (nSPS) is 17.9. The van der Waals surface area contributed by atoms with Gasteiger partial charge in [0.05, 0.1) is 12.7 Å². The Morgan fingerprint density at radius 1 is 1.28 bits per heavy atom. The third-order valence-corrected chi connectivity index (χ3v) is 3.75. The van der Waals surface area contributed by atoms with E-state index < -0.39 is 5.60 Å². The van der Waals surface area contributed by atoms with Crippen molar-refractivity contribution in [2.75, 3.05) is 20.2 Å². The zero-order valence-corrected chi connectivity index (χ0v) is 11.1. The molecule has 18 heavy (non-hydrogen) atoms. The summed E-state index contributed by atoms with van der Waals surface area (Å²) in [7, 11) is 1.70. The molecule has 0 spiro atoms. The zero-order valence-electron chi connectivity index (χ0n) is 11.1. The van der Waals surface area contributed by atoms with Gasteiger partial charge < -0.3 is 15.2 Å². The highest BCUT2D eigenvalue weighted by Crippen LogP contribution is 2.28. The van der Waals surface area contributed by atoms with Crippen LogP contribution in [0.25, 0.3) is 0 Å². The van der Waals surface area contributed by atoms with E-state index in [4.69, 9.17) is 4.74 Å². The predicted molar refractivity (Wildman–Crippen MR) is 73.0 cm³/mol. The lowest BCUT2D eigenvalue weighted by molar-refractivity contribution is 0.0480. The lowest BCUT2D eigenvalue weighted by Crippen LogP contribution is -2.38. The predicted octanol–water partition coefficient (Wildman–Crippen LogP) is 2.13. The van der Waals surface area contributed by atoms with Crippen LogP contribution in [0.3, 0.4) is 0 Å². The largest absolute Gasteiger partial charge is 0.496 e. The molecule has 0 heterocycles. The summed E-state index contributed by atoms with van der Waals surface area (Å²) in [5.41, 5.74) is 0.756. The van der Waals surface area contributed by atoms with Gasteiger partial charge in [-0.25, -0.2) is 0 Å². The number of aliphatic hydroxyl groups is 1. The Balaban J connectivity index is 1.75. The van der Waals surface area contributed by atoms with Crippen LogP contribution in [-0.4, -0.2) is 30.9 Å². The summed E-state index contributed by atoms with van der Waals surface area (Å²) < 4.78 is 5.32. The van der Waals surface area contributed by atoms with Crippen LogP contribution in [-0.2, 0) is 6.42 Å². The molecule has 1 aliphatic carbocycles. The SMILES string of the molecule is COc1ccccc1CCNCC1(O)CCCC1. The monoisotopic (exact) mass is 249 g/mol. The molecule has 1 fully saturated rings. The maximum absolute atomic E-state index is 10.2. The van der Waals surface area contributed by atoms with E-state index in [2.05, 4.69) is 11.4 Å². The molecular formula is C15H23NO2. The van der Waals surface area contributed by atoms with Gasteiger partial charge in [0.1, 0.15) is 5.75 Å². The van der Waals surface area contributed by atoms with Gasteiger partial charge >= 0.3 is 0 Å². The Hall–Kier alpha value is -1.06. The van der Waals surface area contributed by atoms with Gasteiger partial charge in [0.15, 0.2) is 0 Å². The fourth-order valence-electron chi connectivity index (χ4n) is 2.66. The number of para-hydroxylation sites is 1. The highest BCUT2D eigenvalue weighted by atomic mass is 16.5. The minimum absolute atomic E-state index is 0.458. The van der Waals surface area contributed by atoms with Gasteiger partial charge in [-0.1, -0.05) is 31.0 Å². The van der Waals surface area contributed by atoms with Gasteiger partial charge in [0.2, 0.25) is 0 Å². The van der Waals surface area contributed by atoms with Crippen LogP contribution < -0.4 is 10.1 Å². The maximum Gasteiger partial charge on any atom is 0.122 e. The summed E-state index contributed by atoms with van der Waals surface area (Å²) in [4.78, 5) is 0.